The molecule has 0 saturated carbocycles. The number of aliphatic hydroxyl groups excluding tert-OH is 1. The molecule has 0 aromatic rings. The van der Waals surface area contributed by atoms with Crippen molar-refractivity contribution in [1.29, 1.82) is 0 Å². The van der Waals surface area contributed by atoms with E-state index >= 15 is 0 Å². The highest BCUT2D eigenvalue weighted by atomic mass is 16.6. The standard InChI is InChI=1S/C11H17NO4/c13-7-9-3-1-2-4-12(9)11(14)10-8-15-5-6-16-10/h8-9,13H,1-7H2. The van der Waals surface area contributed by atoms with Gasteiger partial charge in [0.15, 0.2) is 0 Å². The summed E-state index contributed by atoms with van der Waals surface area (Å²) in [5, 5.41) is 9.22. The zero-order chi connectivity index (χ0) is 11.4. The van der Waals surface area contributed by atoms with E-state index in [4.69, 9.17) is 9.47 Å². The van der Waals surface area contributed by atoms with Gasteiger partial charge in [0.25, 0.3) is 5.91 Å². The molecule has 16 heavy (non-hydrogen) atoms. The van der Waals surface area contributed by atoms with Gasteiger partial charge in [-0.3, -0.25) is 4.79 Å². The summed E-state index contributed by atoms with van der Waals surface area (Å²) in [5.41, 5.74) is 0. The Morgan fingerprint density at radius 3 is 3.06 bits per heavy atom. The maximum atomic E-state index is 12.1. The Morgan fingerprint density at radius 2 is 2.38 bits per heavy atom. The van der Waals surface area contributed by atoms with Crippen LogP contribution in [0.5, 0.6) is 0 Å². The van der Waals surface area contributed by atoms with Gasteiger partial charge >= 0.3 is 0 Å². The van der Waals surface area contributed by atoms with E-state index in [9.17, 15) is 9.90 Å². The molecule has 1 atom stereocenters. The van der Waals surface area contributed by atoms with Crippen molar-refractivity contribution in [2.24, 2.45) is 0 Å². The van der Waals surface area contributed by atoms with Gasteiger partial charge in [0, 0.05) is 6.54 Å². The zero-order valence-electron chi connectivity index (χ0n) is 9.22. The second-order valence-electron chi connectivity index (χ2n) is 4.03. The first-order chi connectivity index (χ1) is 7.83. The van der Waals surface area contributed by atoms with Crippen molar-refractivity contribution in [3.05, 3.63) is 12.0 Å². The minimum absolute atomic E-state index is 0.0138. The van der Waals surface area contributed by atoms with Crippen LogP contribution >= 0.6 is 0 Å². The molecule has 1 unspecified atom stereocenters. The lowest BCUT2D eigenvalue weighted by atomic mass is 10.0. The molecular formula is C11H17NO4. The number of rotatable bonds is 2. The fourth-order valence-electron chi connectivity index (χ4n) is 2.08. The second-order valence-corrected chi connectivity index (χ2v) is 4.03. The Balaban J connectivity index is 2.04. The predicted octanol–water partition coefficient (Wildman–Crippen LogP) is 0.248. The van der Waals surface area contributed by atoms with Gasteiger partial charge in [0.1, 0.15) is 19.5 Å². The third-order valence-electron chi connectivity index (χ3n) is 2.96. The summed E-state index contributed by atoms with van der Waals surface area (Å²) in [6, 6.07) is -0.0762. The summed E-state index contributed by atoms with van der Waals surface area (Å²) in [5.74, 6) is 0.0880. The number of aliphatic hydroxyl groups is 1. The number of carbonyl (C=O) groups excluding carboxylic acids is 1. The maximum absolute atomic E-state index is 12.1. The molecule has 0 radical (unpaired) electrons. The van der Waals surface area contributed by atoms with Crippen molar-refractivity contribution < 1.29 is 19.4 Å². The number of amides is 1. The number of carbonyl (C=O) groups is 1. The number of hydrogen-bond donors (Lipinski definition) is 1. The Bertz CT molecular complexity index is 290. The monoisotopic (exact) mass is 227 g/mol. The smallest absolute Gasteiger partial charge is 0.292 e. The van der Waals surface area contributed by atoms with Crippen LogP contribution in [0.25, 0.3) is 0 Å². The third kappa shape index (κ3) is 2.29. The van der Waals surface area contributed by atoms with Crippen molar-refractivity contribution in [3.63, 3.8) is 0 Å². The molecule has 5 nitrogen and oxygen atoms in total. The van der Waals surface area contributed by atoms with Gasteiger partial charge in [-0.1, -0.05) is 0 Å². The summed E-state index contributed by atoms with van der Waals surface area (Å²) in [6.45, 7) is 1.60. The number of piperidine rings is 1. The minimum atomic E-state index is -0.168. The van der Waals surface area contributed by atoms with E-state index in [1.165, 1.54) is 6.26 Å². The maximum Gasteiger partial charge on any atom is 0.292 e. The Kier molecular flexibility index (Phi) is 3.66. The van der Waals surface area contributed by atoms with Crippen LogP contribution in [-0.2, 0) is 14.3 Å². The number of hydrogen-bond acceptors (Lipinski definition) is 4. The normalized spacial score (nSPS) is 25.4. The molecule has 0 spiro atoms. The Hall–Kier alpha value is -1.23. The fraction of sp³-hybridized carbons (Fsp3) is 0.727. The highest BCUT2D eigenvalue weighted by Crippen LogP contribution is 2.20. The van der Waals surface area contributed by atoms with E-state index < -0.39 is 0 Å². The van der Waals surface area contributed by atoms with E-state index in [-0.39, 0.29) is 24.3 Å². The van der Waals surface area contributed by atoms with Gasteiger partial charge < -0.3 is 19.5 Å². The van der Waals surface area contributed by atoms with Crippen molar-refractivity contribution >= 4 is 5.91 Å². The van der Waals surface area contributed by atoms with E-state index in [1.807, 2.05) is 0 Å². The first-order valence-corrected chi connectivity index (χ1v) is 5.69. The summed E-state index contributed by atoms with van der Waals surface area (Å²) in [6.07, 6.45) is 4.27. The average molecular weight is 227 g/mol. The minimum Gasteiger partial charge on any atom is -0.494 e. The van der Waals surface area contributed by atoms with Crippen LogP contribution in [0.4, 0.5) is 0 Å². The summed E-state index contributed by atoms with van der Waals surface area (Å²) in [7, 11) is 0. The van der Waals surface area contributed by atoms with Crippen LogP contribution in [0.1, 0.15) is 19.3 Å². The lowest BCUT2D eigenvalue weighted by molar-refractivity contribution is -0.136. The van der Waals surface area contributed by atoms with Gasteiger partial charge in [-0.15, -0.1) is 0 Å². The molecule has 0 aromatic carbocycles. The molecule has 2 aliphatic heterocycles. The van der Waals surface area contributed by atoms with Crippen LogP contribution in [0.3, 0.4) is 0 Å². The van der Waals surface area contributed by atoms with Crippen LogP contribution < -0.4 is 0 Å². The summed E-state index contributed by atoms with van der Waals surface area (Å²) in [4.78, 5) is 13.7. The summed E-state index contributed by atoms with van der Waals surface area (Å²) < 4.78 is 10.3. The van der Waals surface area contributed by atoms with E-state index in [0.29, 0.717) is 19.8 Å². The lowest BCUT2D eigenvalue weighted by Gasteiger charge is -2.35. The molecule has 0 aromatic heterocycles. The van der Waals surface area contributed by atoms with Crippen LogP contribution in [0.15, 0.2) is 12.0 Å². The molecule has 0 bridgehead atoms. The Morgan fingerprint density at radius 1 is 1.50 bits per heavy atom. The number of ether oxygens (including phenoxy) is 2. The van der Waals surface area contributed by atoms with Gasteiger partial charge in [0.2, 0.25) is 5.76 Å². The van der Waals surface area contributed by atoms with Crippen molar-refractivity contribution in [1.82, 2.24) is 4.90 Å². The summed E-state index contributed by atoms with van der Waals surface area (Å²) >= 11 is 0. The lowest BCUT2D eigenvalue weighted by Crippen LogP contribution is -2.46. The molecule has 2 rings (SSSR count). The van der Waals surface area contributed by atoms with Gasteiger partial charge in [-0.2, -0.15) is 0 Å². The van der Waals surface area contributed by atoms with Gasteiger partial charge in [0.05, 0.1) is 12.6 Å². The first kappa shape index (κ1) is 11.3. The van der Waals surface area contributed by atoms with Crippen LogP contribution in [0, 0.1) is 0 Å². The molecule has 1 fully saturated rings. The molecule has 2 aliphatic rings. The van der Waals surface area contributed by atoms with Crippen LogP contribution in [0.2, 0.25) is 0 Å². The Labute approximate surface area is 94.6 Å². The van der Waals surface area contributed by atoms with E-state index in [0.717, 1.165) is 19.3 Å². The van der Waals surface area contributed by atoms with Gasteiger partial charge in [-0.25, -0.2) is 0 Å². The number of likely N-dealkylation sites (tertiary alicyclic amines) is 1. The zero-order valence-corrected chi connectivity index (χ0v) is 9.22. The predicted molar refractivity (Wildman–Crippen MR) is 56.4 cm³/mol. The fourth-order valence-corrected chi connectivity index (χ4v) is 2.08. The molecule has 1 amide bonds. The topological polar surface area (TPSA) is 59.0 Å². The number of nitrogens with zero attached hydrogens (tertiary/aromatic N) is 1. The van der Waals surface area contributed by atoms with Crippen molar-refractivity contribution in [3.8, 4) is 0 Å². The molecular weight excluding hydrogens is 210 g/mol. The largest absolute Gasteiger partial charge is 0.494 e. The highest BCUT2D eigenvalue weighted by molar-refractivity contribution is 5.91. The first-order valence-electron chi connectivity index (χ1n) is 5.69. The van der Waals surface area contributed by atoms with E-state index in [1.54, 1.807) is 4.90 Å². The molecule has 90 valence electrons. The average Bonchev–Trinajstić information content (AvgIpc) is 2.39. The molecule has 1 N–H and O–H groups in total. The molecule has 5 heteroatoms. The van der Waals surface area contributed by atoms with Gasteiger partial charge in [-0.05, 0) is 19.3 Å². The quantitative estimate of drug-likeness (QED) is 0.734. The van der Waals surface area contributed by atoms with Crippen molar-refractivity contribution in [2.45, 2.75) is 25.3 Å². The van der Waals surface area contributed by atoms with Crippen LogP contribution in [-0.4, -0.2) is 48.3 Å². The molecule has 2 heterocycles. The second kappa shape index (κ2) is 5.21. The van der Waals surface area contributed by atoms with E-state index in [2.05, 4.69) is 0 Å². The SMILES string of the molecule is O=C(C1=COCCO1)N1CCCCC1CO. The third-order valence-corrected chi connectivity index (χ3v) is 2.96. The highest BCUT2D eigenvalue weighted by Gasteiger charge is 2.29. The molecule has 1 saturated heterocycles. The van der Waals surface area contributed by atoms with Crippen molar-refractivity contribution in [2.75, 3.05) is 26.4 Å². The molecule has 0 aliphatic carbocycles.